The number of nitrogens with one attached hydrogen (secondary N) is 3. The van der Waals surface area contributed by atoms with Crippen LogP contribution in [-0.4, -0.2) is 38.4 Å². The van der Waals surface area contributed by atoms with Gasteiger partial charge in [0.05, 0.1) is 13.2 Å². The summed E-state index contributed by atoms with van der Waals surface area (Å²) in [7, 11) is 0. The van der Waals surface area contributed by atoms with Crippen molar-refractivity contribution in [2.45, 2.75) is 124 Å². The first-order chi connectivity index (χ1) is 16.5. The van der Waals surface area contributed by atoms with Crippen molar-refractivity contribution >= 4 is 0 Å². The van der Waals surface area contributed by atoms with Crippen molar-refractivity contribution < 1.29 is 4.74 Å². The molecule has 0 spiro atoms. The lowest BCUT2D eigenvalue weighted by Gasteiger charge is -2.30. The molecule has 0 aliphatic heterocycles. The van der Waals surface area contributed by atoms with Gasteiger partial charge in [-0.2, -0.15) is 0 Å². The highest BCUT2D eigenvalue weighted by Gasteiger charge is 2.24. The molecular formula is C31H61N3O. The van der Waals surface area contributed by atoms with E-state index < -0.39 is 0 Å². The van der Waals surface area contributed by atoms with Gasteiger partial charge in [-0.25, -0.2) is 0 Å². The molecule has 3 N–H and O–H groups in total. The van der Waals surface area contributed by atoms with Crippen LogP contribution < -0.4 is 16.0 Å². The van der Waals surface area contributed by atoms with E-state index in [1.807, 2.05) is 0 Å². The largest absolute Gasteiger partial charge is 0.389 e. The average Bonchev–Trinajstić information content (AvgIpc) is 2.76. The van der Waals surface area contributed by atoms with E-state index in [9.17, 15) is 0 Å². The minimum atomic E-state index is 0.182. The fourth-order valence-electron chi connectivity index (χ4n) is 4.09. The summed E-state index contributed by atoms with van der Waals surface area (Å²) in [4.78, 5) is 0. The maximum absolute atomic E-state index is 6.20. The Balaban J connectivity index is 4.28. The number of hydrogen-bond acceptors (Lipinski definition) is 4. The molecule has 0 bridgehead atoms. The van der Waals surface area contributed by atoms with E-state index in [0.717, 1.165) is 64.2 Å². The van der Waals surface area contributed by atoms with Crippen LogP contribution in [-0.2, 0) is 4.74 Å². The van der Waals surface area contributed by atoms with Gasteiger partial charge < -0.3 is 20.7 Å². The molecule has 0 aromatic heterocycles. The standard InChI is InChI=1S/C31H61N3O/c1-10-11-22-32-28(4)18-13-15-21-31(9,20-14-12-17-27(2)3)26-35-25-19-29(5)33-23-16-24-34-30(6,7)8/h32-34H,2,4-5,10-26H2,1,3,6-9H3. The molecule has 0 saturated carbocycles. The molecule has 0 saturated heterocycles. The van der Waals surface area contributed by atoms with E-state index >= 15 is 0 Å². The second kappa shape index (κ2) is 19.9. The maximum Gasteiger partial charge on any atom is 0.0520 e. The molecule has 35 heavy (non-hydrogen) atoms. The summed E-state index contributed by atoms with van der Waals surface area (Å²) in [6.45, 7) is 30.4. The third-order valence-corrected chi connectivity index (χ3v) is 6.43. The van der Waals surface area contributed by atoms with Crippen LogP contribution >= 0.6 is 0 Å². The quantitative estimate of drug-likeness (QED) is 0.0949. The van der Waals surface area contributed by atoms with Crippen LogP contribution in [0.1, 0.15) is 119 Å². The molecular weight excluding hydrogens is 430 g/mol. The van der Waals surface area contributed by atoms with Gasteiger partial charge in [0.2, 0.25) is 0 Å². The Morgan fingerprint density at radius 3 is 1.86 bits per heavy atom. The van der Waals surface area contributed by atoms with Crippen molar-refractivity contribution in [1.29, 1.82) is 0 Å². The third-order valence-electron chi connectivity index (χ3n) is 6.43. The summed E-state index contributed by atoms with van der Waals surface area (Å²) >= 11 is 0. The predicted molar refractivity (Wildman–Crippen MR) is 157 cm³/mol. The van der Waals surface area contributed by atoms with Gasteiger partial charge in [0, 0.05) is 36.4 Å². The summed E-state index contributed by atoms with van der Waals surface area (Å²) in [5, 5.41) is 10.4. The Kier molecular flexibility index (Phi) is 19.2. The van der Waals surface area contributed by atoms with Gasteiger partial charge in [-0.1, -0.05) is 51.8 Å². The molecule has 0 radical (unpaired) electrons. The van der Waals surface area contributed by atoms with Gasteiger partial charge in [-0.3, -0.25) is 0 Å². The molecule has 206 valence electrons. The SMILES string of the molecule is C=C(C)CCCCC(C)(CCCCC(=C)NCCCC)COCCC(=C)NCCCNC(C)(C)C. The molecule has 1 unspecified atom stereocenters. The summed E-state index contributed by atoms with van der Waals surface area (Å²) in [6, 6.07) is 0. The zero-order valence-electron chi connectivity index (χ0n) is 24.6. The Bertz CT molecular complexity index is 578. The van der Waals surface area contributed by atoms with E-state index in [1.54, 1.807) is 0 Å². The molecule has 0 amide bonds. The maximum atomic E-state index is 6.20. The summed E-state index contributed by atoms with van der Waals surface area (Å²) in [5.41, 5.74) is 3.98. The molecule has 0 aliphatic carbocycles. The van der Waals surface area contributed by atoms with Crippen LogP contribution in [0.4, 0.5) is 0 Å². The monoisotopic (exact) mass is 491 g/mol. The van der Waals surface area contributed by atoms with Crippen LogP contribution in [0.5, 0.6) is 0 Å². The smallest absolute Gasteiger partial charge is 0.0520 e. The molecule has 0 fully saturated rings. The Morgan fingerprint density at radius 2 is 1.29 bits per heavy atom. The molecule has 0 aromatic carbocycles. The highest BCUT2D eigenvalue weighted by Crippen LogP contribution is 2.32. The van der Waals surface area contributed by atoms with Crippen LogP contribution in [0.25, 0.3) is 0 Å². The molecule has 0 heterocycles. The van der Waals surface area contributed by atoms with E-state index in [1.165, 1.54) is 62.6 Å². The highest BCUT2D eigenvalue weighted by molar-refractivity contribution is 4.92. The van der Waals surface area contributed by atoms with E-state index in [-0.39, 0.29) is 11.0 Å². The minimum Gasteiger partial charge on any atom is -0.389 e. The van der Waals surface area contributed by atoms with Crippen LogP contribution in [0, 0.1) is 5.41 Å². The summed E-state index contributed by atoms with van der Waals surface area (Å²) < 4.78 is 6.20. The number of rotatable bonds is 24. The summed E-state index contributed by atoms with van der Waals surface area (Å²) in [6.07, 6.45) is 14.0. The third kappa shape index (κ3) is 22.9. The first kappa shape index (κ1) is 33.7. The predicted octanol–water partition coefficient (Wildman–Crippen LogP) is 7.88. The lowest BCUT2D eigenvalue weighted by atomic mass is 9.80. The number of hydrogen-bond donors (Lipinski definition) is 3. The lowest BCUT2D eigenvalue weighted by molar-refractivity contribution is 0.0412. The second-order valence-corrected chi connectivity index (χ2v) is 11.9. The van der Waals surface area contributed by atoms with Crippen molar-refractivity contribution in [3.05, 3.63) is 36.7 Å². The van der Waals surface area contributed by atoms with Gasteiger partial charge in [0.15, 0.2) is 0 Å². The Hall–Kier alpha value is -1.26. The molecule has 0 aromatic rings. The van der Waals surface area contributed by atoms with Gasteiger partial charge in [-0.05, 0) is 91.0 Å². The van der Waals surface area contributed by atoms with Crippen molar-refractivity contribution in [3.63, 3.8) is 0 Å². The molecule has 0 aliphatic rings. The molecule has 0 rings (SSSR count). The summed E-state index contributed by atoms with van der Waals surface area (Å²) in [5.74, 6) is 0. The van der Waals surface area contributed by atoms with Crippen molar-refractivity contribution in [3.8, 4) is 0 Å². The number of unbranched alkanes of at least 4 members (excludes halogenated alkanes) is 3. The first-order valence-corrected chi connectivity index (χ1v) is 14.3. The topological polar surface area (TPSA) is 45.3 Å². The van der Waals surface area contributed by atoms with Gasteiger partial charge in [0.1, 0.15) is 0 Å². The highest BCUT2D eigenvalue weighted by atomic mass is 16.5. The fraction of sp³-hybridized carbons (Fsp3) is 0.806. The van der Waals surface area contributed by atoms with E-state index in [0.29, 0.717) is 0 Å². The van der Waals surface area contributed by atoms with Crippen molar-refractivity contribution in [2.24, 2.45) is 5.41 Å². The normalized spacial score (nSPS) is 13.3. The fourth-order valence-corrected chi connectivity index (χ4v) is 4.09. The molecule has 4 heteroatoms. The van der Waals surface area contributed by atoms with E-state index in [4.69, 9.17) is 4.74 Å². The number of ether oxygens (including phenoxy) is 1. The zero-order valence-corrected chi connectivity index (χ0v) is 24.6. The second-order valence-electron chi connectivity index (χ2n) is 11.9. The number of allylic oxidation sites excluding steroid dienone is 2. The lowest BCUT2D eigenvalue weighted by Crippen LogP contribution is -2.37. The van der Waals surface area contributed by atoms with Crippen molar-refractivity contribution in [2.75, 3.05) is 32.8 Å². The molecule has 1 atom stereocenters. The van der Waals surface area contributed by atoms with Crippen LogP contribution in [0.2, 0.25) is 0 Å². The minimum absolute atomic E-state index is 0.182. The van der Waals surface area contributed by atoms with Gasteiger partial charge >= 0.3 is 0 Å². The van der Waals surface area contributed by atoms with Crippen LogP contribution in [0.15, 0.2) is 36.7 Å². The Labute approximate surface area is 219 Å². The zero-order chi connectivity index (χ0) is 26.6. The van der Waals surface area contributed by atoms with Crippen LogP contribution in [0.3, 0.4) is 0 Å². The van der Waals surface area contributed by atoms with Gasteiger partial charge in [-0.15, -0.1) is 6.58 Å². The first-order valence-electron chi connectivity index (χ1n) is 14.3. The van der Waals surface area contributed by atoms with Crippen molar-refractivity contribution in [1.82, 2.24) is 16.0 Å². The van der Waals surface area contributed by atoms with Gasteiger partial charge in [0.25, 0.3) is 0 Å². The molecule has 4 nitrogen and oxygen atoms in total. The van der Waals surface area contributed by atoms with E-state index in [2.05, 4.69) is 77.2 Å². The average molecular weight is 492 g/mol. The Morgan fingerprint density at radius 1 is 0.714 bits per heavy atom.